The predicted molar refractivity (Wildman–Crippen MR) is 118 cm³/mol. The van der Waals surface area contributed by atoms with E-state index in [-0.39, 0.29) is 24.2 Å². The minimum Gasteiger partial charge on any atom is -0.423 e. The number of hydrogen-bond acceptors (Lipinski definition) is 9. The number of pyridine rings is 1. The van der Waals surface area contributed by atoms with E-state index in [0.717, 1.165) is 13.1 Å². The van der Waals surface area contributed by atoms with Gasteiger partial charge in [-0.1, -0.05) is 12.1 Å². The molecule has 10 heteroatoms. The summed E-state index contributed by atoms with van der Waals surface area (Å²) >= 11 is 0. The van der Waals surface area contributed by atoms with E-state index in [2.05, 4.69) is 20.5 Å². The third-order valence-corrected chi connectivity index (χ3v) is 4.26. The molecule has 1 fully saturated rings. The van der Waals surface area contributed by atoms with Crippen molar-refractivity contribution >= 4 is 34.9 Å². The van der Waals surface area contributed by atoms with Crippen LogP contribution < -0.4 is 32.6 Å². The number of carbonyl (C=O) groups is 2. The Morgan fingerprint density at radius 1 is 1.07 bits per heavy atom. The van der Waals surface area contributed by atoms with Crippen molar-refractivity contribution in [2.24, 2.45) is 0 Å². The largest absolute Gasteiger partial charge is 0.423 e. The molecule has 0 unspecified atom stereocenters. The van der Waals surface area contributed by atoms with Gasteiger partial charge in [0.2, 0.25) is 5.91 Å². The Kier molecular flexibility index (Phi) is 8.85. The second-order valence-corrected chi connectivity index (χ2v) is 6.74. The number of nitrogens with one attached hydrogen (secondary N) is 2. The normalized spacial score (nSPS) is 13.2. The number of ether oxygens (including phenoxy) is 1. The molecule has 2 aromatic rings. The second-order valence-electron chi connectivity index (χ2n) is 6.74. The number of likely N-dealkylation sites (N-methyl/N-ethyl adjacent to an activating group) is 1. The Bertz CT molecular complexity index is 854. The summed E-state index contributed by atoms with van der Waals surface area (Å²) in [7, 11) is 1.68. The molecule has 10 nitrogen and oxygen atoms in total. The van der Waals surface area contributed by atoms with Crippen molar-refractivity contribution in [1.82, 2.24) is 15.2 Å². The molecule has 0 aliphatic carbocycles. The maximum atomic E-state index is 11.6. The number of rotatable bonds is 6. The molecular weight excluding hydrogens is 386 g/mol. The van der Waals surface area contributed by atoms with E-state index >= 15 is 0 Å². The molecule has 8 N–H and O–H groups in total. The van der Waals surface area contributed by atoms with Gasteiger partial charge in [-0.25, -0.2) is 4.98 Å². The topological polar surface area (TPSA) is 162 Å². The standard InChI is InChI=1S/C12H16N2O2.C8H13N5O/c13-10-5-1-2-6-11(10)16-12(15)9-14-7-3-4-8-14;1-11-4-7(14)12-6-3-2-5(9)8(10)13-6/h1-2,5-6H,3-4,7-9,13H2;2-3,11H,4,9H2,1H3,(H3,10,12,13,14). The lowest BCUT2D eigenvalue weighted by atomic mass is 10.3. The molecule has 0 radical (unpaired) electrons. The van der Waals surface area contributed by atoms with Crippen molar-refractivity contribution in [3.8, 4) is 5.75 Å². The van der Waals surface area contributed by atoms with E-state index in [1.807, 2.05) is 6.07 Å². The van der Waals surface area contributed by atoms with Gasteiger partial charge >= 0.3 is 5.97 Å². The molecular formula is C20H29N7O3. The van der Waals surface area contributed by atoms with Gasteiger partial charge in [-0.2, -0.15) is 0 Å². The highest BCUT2D eigenvalue weighted by molar-refractivity contribution is 5.91. The first-order valence-electron chi connectivity index (χ1n) is 9.63. The maximum absolute atomic E-state index is 11.6. The molecule has 1 aliphatic rings. The van der Waals surface area contributed by atoms with Gasteiger partial charge in [0.1, 0.15) is 11.6 Å². The number of nitrogens with zero attached hydrogens (tertiary/aromatic N) is 2. The number of anilines is 4. The van der Waals surface area contributed by atoms with Gasteiger partial charge in [-0.3, -0.25) is 14.5 Å². The lowest BCUT2D eigenvalue weighted by molar-refractivity contribution is -0.135. The smallest absolute Gasteiger partial charge is 0.325 e. The van der Waals surface area contributed by atoms with Gasteiger partial charge in [-0.15, -0.1) is 0 Å². The molecule has 1 aromatic carbocycles. The second kappa shape index (κ2) is 11.6. The predicted octanol–water partition coefficient (Wildman–Crippen LogP) is 0.674. The first kappa shape index (κ1) is 22.9. The van der Waals surface area contributed by atoms with Crippen LogP contribution >= 0.6 is 0 Å². The van der Waals surface area contributed by atoms with Crippen LogP contribution in [0.25, 0.3) is 0 Å². The summed E-state index contributed by atoms with van der Waals surface area (Å²) in [6.45, 7) is 2.55. The van der Waals surface area contributed by atoms with E-state index in [9.17, 15) is 9.59 Å². The van der Waals surface area contributed by atoms with Gasteiger partial charge in [0, 0.05) is 0 Å². The fourth-order valence-electron chi connectivity index (χ4n) is 2.75. The van der Waals surface area contributed by atoms with Gasteiger partial charge < -0.3 is 32.6 Å². The number of nitrogen functional groups attached to an aromatic ring is 3. The van der Waals surface area contributed by atoms with Crippen LogP contribution in [0.5, 0.6) is 5.75 Å². The van der Waals surface area contributed by atoms with Crippen LogP contribution in [0.3, 0.4) is 0 Å². The number of hydrogen-bond donors (Lipinski definition) is 5. The number of nitrogens with two attached hydrogens (primary N) is 3. The number of carbonyl (C=O) groups excluding carboxylic acids is 2. The summed E-state index contributed by atoms with van der Waals surface area (Å²) in [6.07, 6.45) is 2.33. The summed E-state index contributed by atoms with van der Waals surface area (Å²) < 4.78 is 5.20. The Balaban J connectivity index is 0.000000216. The van der Waals surface area contributed by atoms with Crippen molar-refractivity contribution in [1.29, 1.82) is 0 Å². The number of esters is 1. The van der Waals surface area contributed by atoms with Gasteiger partial charge in [-0.05, 0) is 57.2 Å². The average Bonchev–Trinajstić information content (AvgIpc) is 3.20. The van der Waals surface area contributed by atoms with Crippen LogP contribution in [0.15, 0.2) is 36.4 Å². The number of aromatic nitrogens is 1. The van der Waals surface area contributed by atoms with Crippen LogP contribution in [0.1, 0.15) is 12.8 Å². The number of likely N-dealkylation sites (tertiary alicyclic amines) is 1. The molecule has 30 heavy (non-hydrogen) atoms. The van der Waals surface area contributed by atoms with Crippen LogP contribution in [-0.2, 0) is 9.59 Å². The van der Waals surface area contributed by atoms with Gasteiger partial charge in [0.25, 0.3) is 0 Å². The average molecular weight is 415 g/mol. The fourth-order valence-corrected chi connectivity index (χ4v) is 2.75. The zero-order valence-electron chi connectivity index (χ0n) is 17.1. The Hall–Kier alpha value is -3.37. The molecule has 0 spiro atoms. The van der Waals surface area contributed by atoms with E-state index in [0.29, 0.717) is 29.5 Å². The summed E-state index contributed by atoms with van der Waals surface area (Å²) in [5, 5.41) is 5.28. The van der Waals surface area contributed by atoms with Crippen molar-refractivity contribution in [3.63, 3.8) is 0 Å². The molecule has 0 bridgehead atoms. The zero-order valence-corrected chi connectivity index (χ0v) is 17.1. The molecule has 1 amide bonds. The third-order valence-electron chi connectivity index (χ3n) is 4.26. The van der Waals surface area contributed by atoms with Crippen LogP contribution in [0.4, 0.5) is 23.0 Å². The first-order chi connectivity index (χ1) is 14.4. The number of para-hydroxylation sites is 2. The van der Waals surface area contributed by atoms with Crippen LogP contribution in [0.2, 0.25) is 0 Å². The highest BCUT2D eigenvalue weighted by atomic mass is 16.5. The Labute approximate surface area is 175 Å². The van der Waals surface area contributed by atoms with Crippen molar-refractivity contribution < 1.29 is 14.3 Å². The fraction of sp³-hybridized carbons (Fsp3) is 0.350. The zero-order chi connectivity index (χ0) is 21.9. The molecule has 0 saturated carbocycles. The molecule has 162 valence electrons. The monoisotopic (exact) mass is 415 g/mol. The quantitative estimate of drug-likeness (QED) is 0.259. The molecule has 0 atom stereocenters. The number of amides is 1. The van der Waals surface area contributed by atoms with E-state index in [1.165, 1.54) is 12.8 Å². The Morgan fingerprint density at radius 2 is 1.77 bits per heavy atom. The van der Waals surface area contributed by atoms with Gasteiger partial charge in [0.05, 0.1) is 24.5 Å². The molecule has 2 heterocycles. The summed E-state index contributed by atoms with van der Waals surface area (Å²) in [5.74, 6) is 0.653. The lowest BCUT2D eigenvalue weighted by Crippen LogP contribution is -2.29. The van der Waals surface area contributed by atoms with Crippen molar-refractivity contribution in [2.75, 3.05) is 55.7 Å². The van der Waals surface area contributed by atoms with E-state index < -0.39 is 0 Å². The highest BCUT2D eigenvalue weighted by Gasteiger charge is 2.16. The van der Waals surface area contributed by atoms with Crippen molar-refractivity contribution in [3.05, 3.63) is 36.4 Å². The maximum Gasteiger partial charge on any atom is 0.325 e. The molecule has 1 saturated heterocycles. The summed E-state index contributed by atoms with van der Waals surface area (Å²) in [5.41, 5.74) is 17.5. The summed E-state index contributed by atoms with van der Waals surface area (Å²) in [4.78, 5) is 28.7. The van der Waals surface area contributed by atoms with Crippen molar-refractivity contribution in [2.45, 2.75) is 12.8 Å². The van der Waals surface area contributed by atoms with Gasteiger partial charge in [0.15, 0.2) is 5.75 Å². The first-order valence-corrected chi connectivity index (χ1v) is 9.63. The van der Waals surface area contributed by atoms with Crippen LogP contribution in [-0.4, -0.2) is 55.0 Å². The van der Waals surface area contributed by atoms with E-state index in [1.54, 1.807) is 37.4 Å². The Morgan fingerprint density at radius 3 is 2.40 bits per heavy atom. The number of benzene rings is 1. The SMILES string of the molecule is CNCC(=O)Nc1ccc(N)c(N)n1.Nc1ccccc1OC(=O)CN1CCCC1. The summed E-state index contributed by atoms with van der Waals surface area (Å²) in [6, 6.07) is 10.2. The molecule has 1 aliphatic heterocycles. The minimum atomic E-state index is -0.236. The minimum absolute atomic E-state index is 0.177. The van der Waals surface area contributed by atoms with Crippen LogP contribution in [0, 0.1) is 0 Å². The lowest BCUT2D eigenvalue weighted by Gasteiger charge is -2.13. The molecule has 1 aromatic heterocycles. The highest BCUT2D eigenvalue weighted by Crippen LogP contribution is 2.20. The van der Waals surface area contributed by atoms with E-state index in [4.69, 9.17) is 21.9 Å². The third kappa shape index (κ3) is 7.57. The molecule has 3 rings (SSSR count).